The van der Waals surface area contributed by atoms with E-state index in [1.807, 2.05) is 30.3 Å². The van der Waals surface area contributed by atoms with Crippen LogP contribution in [-0.2, 0) is 12.8 Å². The number of fused-ring (bicyclic) bond motifs is 2. The summed E-state index contributed by atoms with van der Waals surface area (Å²) in [4.78, 5) is 15.1. The monoisotopic (exact) mass is 376 g/mol. The van der Waals surface area contributed by atoms with E-state index in [1.54, 1.807) is 0 Å². The van der Waals surface area contributed by atoms with E-state index >= 15 is 0 Å². The molecule has 1 aliphatic heterocycles. The zero-order valence-corrected chi connectivity index (χ0v) is 16.4. The van der Waals surface area contributed by atoms with Gasteiger partial charge in [0.05, 0.1) is 5.60 Å². The molecule has 0 bridgehead atoms. The van der Waals surface area contributed by atoms with Gasteiger partial charge in [-0.3, -0.25) is 9.69 Å². The van der Waals surface area contributed by atoms with Crippen LogP contribution in [0.5, 0.6) is 0 Å². The minimum absolute atomic E-state index is 0.0354. The molecule has 1 amide bonds. The first-order valence-electron chi connectivity index (χ1n) is 10.4. The van der Waals surface area contributed by atoms with Crippen molar-refractivity contribution in [2.75, 3.05) is 19.6 Å². The van der Waals surface area contributed by atoms with E-state index in [2.05, 4.69) is 41.4 Å². The smallest absolute Gasteiger partial charge is 0.251 e. The predicted octanol–water partition coefficient (Wildman–Crippen LogP) is 2.66. The minimum atomic E-state index is -0.650. The topological polar surface area (TPSA) is 52.6 Å². The number of benzene rings is 2. The van der Waals surface area contributed by atoms with E-state index in [4.69, 9.17) is 0 Å². The number of nitrogens with zero attached hydrogens (tertiary/aromatic N) is 1. The van der Waals surface area contributed by atoms with Crippen LogP contribution in [0.15, 0.2) is 54.6 Å². The lowest BCUT2D eigenvalue weighted by Crippen LogP contribution is -2.48. The maximum Gasteiger partial charge on any atom is 0.251 e. The number of nitrogens with one attached hydrogen (secondary N) is 1. The molecule has 2 unspecified atom stereocenters. The first-order valence-corrected chi connectivity index (χ1v) is 10.4. The lowest BCUT2D eigenvalue weighted by atomic mass is 9.98. The first-order chi connectivity index (χ1) is 13.5. The largest absolute Gasteiger partial charge is 0.388 e. The molecular weight excluding hydrogens is 348 g/mol. The van der Waals surface area contributed by atoms with Crippen molar-refractivity contribution >= 4 is 5.91 Å². The highest BCUT2D eigenvalue weighted by Crippen LogP contribution is 2.57. The summed E-state index contributed by atoms with van der Waals surface area (Å²) in [7, 11) is 0. The molecule has 0 radical (unpaired) electrons. The SMILES string of the molecule is CCC1(NC(=O)c2ccccc2)C2CN(CC3(O)Cc4ccccc4C3)CC21. The second-order valence-electron chi connectivity index (χ2n) is 8.97. The molecule has 5 rings (SSSR count). The van der Waals surface area contributed by atoms with Gasteiger partial charge in [-0.15, -0.1) is 0 Å². The number of likely N-dealkylation sites (tertiary alicyclic amines) is 1. The summed E-state index contributed by atoms with van der Waals surface area (Å²) >= 11 is 0. The molecule has 28 heavy (non-hydrogen) atoms. The van der Waals surface area contributed by atoms with Gasteiger partial charge in [-0.1, -0.05) is 49.4 Å². The van der Waals surface area contributed by atoms with Crippen molar-refractivity contribution in [2.45, 2.75) is 37.3 Å². The van der Waals surface area contributed by atoms with E-state index in [0.717, 1.165) is 44.5 Å². The number of aliphatic hydroxyl groups is 1. The van der Waals surface area contributed by atoms with Crippen molar-refractivity contribution in [3.05, 3.63) is 71.3 Å². The number of piperidine rings is 1. The van der Waals surface area contributed by atoms with Gasteiger partial charge in [-0.25, -0.2) is 0 Å². The second-order valence-corrected chi connectivity index (χ2v) is 8.97. The van der Waals surface area contributed by atoms with Crippen LogP contribution in [0.3, 0.4) is 0 Å². The molecule has 1 saturated heterocycles. The summed E-state index contributed by atoms with van der Waals surface area (Å²) in [6.45, 7) is 4.83. The molecule has 2 aliphatic carbocycles. The van der Waals surface area contributed by atoms with Crippen LogP contribution in [0, 0.1) is 11.8 Å². The van der Waals surface area contributed by atoms with E-state index in [1.165, 1.54) is 11.1 Å². The molecule has 4 nitrogen and oxygen atoms in total. The Labute approximate surface area is 166 Å². The Bertz CT molecular complexity index is 857. The summed E-state index contributed by atoms with van der Waals surface area (Å²) in [6.07, 6.45) is 2.46. The van der Waals surface area contributed by atoms with Crippen LogP contribution in [0.25, 0.3) is 0 Å². The number of carbonyl (C=O) groups is 1. The fourth-order valence-electron chi connectivity index (χ4n) is 5.82. The quantitative estimate of drug-likeness (QED) is 0.844. The molecule has 3 aliphatic rings. The lowest BCUT2D eigenvalue weighted by Gasteiger charge is -2.32. The summed E-state index contributed by atoms with van der Waals surface area (Å²) in [5.41, 5.74) is 2.59. The number of β-amino-alcohol motifs (C(OH)–C–C–N with tert-alkyl or cyclic N) is 1. The molecule has 0 spiro atoms. The Morgan fingerprint density at radius 3 is 2.18 bits per heavy atom. The molecule has 0 aromatic heterocycles. The third-order valence-corrected chi connectivity index (χ3v) is 7.25. The summed E-state index contributed by atoms with van der Waals surface area (Å²) in [5, 5.41) is 14.5. The van der Waals surface area contributed by atoms with E-state index in [-0.39, 0.29) is 11.4 Å². The summed E-state index contributed by atoms with van der Waals surface area (Å²) < 4.78 is 0. The van der Waals surface area contributed by atoms with Crippen LogP contribution >= 0.6 is 0 Å². The van der Waals surface area contributed by atoms with E-state index in [0.29, 0.717) is 11.8 Å². The van der Waals surface area contributed by atoms with E-state index in [9.17, 15) is 9.90 Å². The highest BCUT2D eigenvalue weighted by molar-refractivity contribution is 5.95. The van der Waals surface area contributed by atoms with Crippen molar-refractivity contribution in [1.82, 2.24) is 10.2 Å². The molecule has 2 aromatic carbocycles. The van der Waals surface area contributed by atoms with Gasteiger partial charge >= 0.3 is 0 Å². The Hall–Kier alpha value is -2.17. The van der Waals surface area contributed by atoms with Crippen molar-refractivity contribution in [2.24, 2.45) is 11.8 Å². The Kier molecular flexibility index (Phi) is 4.11. The van der Waals surface area contributed by atoms with Gasteiger partial charge in [-0.2, -0.15) is 0 Å². The molecule has 2 fully saturated rings. The Morgan fingerprint density at radius 1 is 1.04 bits per heavy atom. The zero-order valence-electron chi connectivity index (χ0n) is 16.4. The molecule has 4 heteroatoms. The van der Waals surface area contributed by atoms with Crippen LogP contribution in [0.2, 0.25) is 0 Å². The molecule has 1 saturated carbocycles. The molecular formula is C24H28N2O2. The third-order valence-electron chi connectivity index (χ3n) is 7.25. The average Bonchev–Trinajstić information content (AvgIpc) is 3.01. The second kappa shape index (κ2) is 6.43. The van der Waals surface area contributed by atoms with Crippen molar-refractivity contribution < 1.29 is 9.90 Å². The van der Waals surface area contributed by atoms with Gasteiger partial charge in [0.1, 0.15) is 0 Å². The number of rotatable bonds is 5. The van der Waals surface area contributed by atoms with Crippen molar-refractivity contribution in [3.8, 4) is 0 Å². The fourth-order valence-corrected chi connectivity index (χ4v) is 5.82. The zero-order chi connectivity index (χ0) is 19.4. The third kappa shape index (κ3) is 2.87. The minimum Gasteiger partial charge on any atom is -0.388 e. The summed E-state index contributed by atoms with van der Waals surface area (Å²) in [5.74, 6) is 1.03. The maximum atomic E-state index is 12.7. The Balaban J connectivity index is 1.21. The number of hydrogen-bond acceptors (Lipinski definition) is 3. The lowest BCUT2D eigenvalue weighted by molar-refractivity contribution is 0.0133. The Morgan fingerprint density at radius 2 is 1.61 bits per heavy atom. The highest BCUT2D eigenvalue weighted by Gasteiger charge is 2.68. The standard InChI is InChI=1S/C24H28N2O2/c1-2-24(25-22(27)17-8-4-3-5-9-17)20-14-26(15-21(20)24)16-23(28)12-18-10-6-7-11-19(18)13-23/h3-11,20-21,28H,2,12-16H2,1H3,(H,25,27). The highest BCUT2D eigenvalue weighted by atomic mass is 16.3. The fraction of sp³-hybridized carbons (Fsp3) is 0.458. The molecule has 146 valence electrons. The van der Waals surface area contributed by atoms with Crippen LogP contribution in [-0.4, -0.2) is 46.7 Å². The van der Waals surface area contributed by atoms with Gasteiger partial charge in [0, 0.05) is 55.4 Å². The first kappa shape index (κ1) is 17.9. The number of hydrogen-bond donors (Lipinski definition) is 2. The van der Waals surface area contributed by atoms with Gasteiger partial charge in [0.15, 0.2) is 0 Å². The van der Waals surface area contributed by atoms with E-state index < -0.39 is 5.60 Å². The van der Waals surface area contributed by atoms with Crippen LogP contribution in [0.4, 0.5) is 0 Å². The van der Waals surface area contributed by atoms with Gasteiger partial charge in [-0.05, 0) is 29.7 Å². The normalized spacial score (nSPS) is 29.9. The molecule has 2 aromatic rings. The molecule has 1 heterocycles. The summed E-state index contributed by atoms with van der Waals surface area (Å²) in [6, 6.07) is 17.9. The van der Waals surface area contributed by atoms with Crippen LogP contribution in [0.1, 0.15) is 34.8 Å². The van der Waals surface area contributed by atoms with Gasteiger partial charge < -0.3 is 10.4 Å². The molecule has 2 atom stereocenters. The average molecular weight is 377 g/mol. The predicted molar refractivity (Wildman–Crippen MR) is 109 cm³/mol. The van der Waals surface area contributed by atoms with Gasteiger partial charge in [0.2, 0.25) is 0 Å². The van der Waals surface area contributed by atoms with Crippen molar-refractivity contribution in [3.63, 3.8) is 0 Å². The van der Waals surface area contributed by atoms with Crippen LogP contribution < -0.4 is 5.32 Å². The van der Waals surface area contributed by atoms with Crippen molar-refractivity contribution in [1.29, 1.82) is 0 Å². The maximum absolute atomic E-state index is 12.7. The van der Waals surface area contributed by atoms with Gasteiger partial charge in [0.25, 0.3) is 5.91 Å². The number of carbonyl (C=O) groups excluding carboxylic acids is 1. The number of amides is 1. The molecule has 2 N–H and O–H groups in total.